The highest BCUT2D eigenvalue weighted by Crippen LogP contribution is 2.34. The van der Waals surface area contributed by atoms with E-state index in [0.29, 0.717) is 12.0 Å². The third kappa shape index (κ3) is 4.12. The zero-order chi connectivity index (χ0) is 12.2. The lowest BCUT2D eigenvalue weighted by Crippen LogP contribution is -2.51. The molecule has 0 spiro atoms. The summed E-state index contributed by atoms with van der Waals surface area (Å²) < 4.78 is 5.26. The first-order valence-corrected chi connectivity index (χ1v) is 6.34. The highest BCUT2D eigenvalue weighted by atomic mass is 16.6. The standard InChI is InChI=1S/C13H25NO2/c1-5-13(8-6-9-13)14-10-7-11(15)16-12(2,3)4/h14H,5-10H2,1-4H3. The molecule has 16 heavy (non-hydrogen) atoms. The highest BCUT2D eigenvalue weighted by Gasteiger charge is 2.34. The molecule has 1 aliphatic carbocycles. The molecule has 1 fully saturated rings. The van der Waals surface area contributed by atoms with Gasteiger partial charge in [0.2, 0.25) is 0 Å². The second-order valence-electron chi connectivity index (χ2n) is 5.75. The molecule has 0 radical (unpaired) electrons. The lowest BCUT2D eigenvalue weighted by Gasteiger charge is -2.42. The molecule has 0 aromatic carbocycles. The van der Waals surface area contributed by atoms with Crippen LogP contribution in [0.3, 0.4) is 0 Å². The minimum absolute atomic E-state index is 0.106. The summed E-state index contributed by atoms with van der Waals surface area (Å²) in [6, 6.07) is 0. The van der Waals surface area contributed by atoms with E-state index in [4.69, 9.17) is 4.74 Å². The third-order valence-corrected chi connectivity index (χ3v) is 3.24. The Morgan fingerprint density at radius 2 is 2.00 bits per heavy atom. The summed E-state index contributed by atoms with van der Waals surface area (Å²) in [5.74, 6) is -0.106. The SMILES string of the molecule is CCC1(NCCC(=O)OC(C)(C)C)CCC1. The number of rotatable bonds is 5. The lowest BCUT2D eigenvalue weighted by molar-refractivity contribution is -0.154. The second-order valence-corrected chi connectivity index (χ2v) is 5.75. The van der Waals surface area contributed by atoms with E-state index in [0.717, 1.165) is 13.0 Å². The van der Waals surface area contributed by atoms with E-state index < -0.39 is 0 Å². The summed E-state index contributed by atoms with van der Waals surface area (Å²) in [5.41, 5.74) is -0.0436. The summed E-state index contributed by atoms with van der Waals surface area (Å²) >= 11 is 0. The maximum atomic E-state index is 11.5. The van der Waals surface area contributed by atoms with Crippen LogP contribution in [0.5, 0.6) is 0 Å². The van der Waals surface area contributed by atoms with Crippen LogP contribution in [0.1, 0.15) is 59.8 Å². The Hall–Kier alpha value is -0.570. The van der Waals surface area contributed by atoms with E-state index in [9.17, 15) is 4.79 Å². The van der Waals surface area contributed by atoms with Crippen molar-refractivity contribution in [1.29, 1.82) is 0 Å². The first-order valence-electron chi connectivity index (χ1n) is 6.34. The molecule has 0 aromatic rings. The number of ether oxygens (including phenoxy) is 1. The fourth-order valence-corrected chi connectivity index (χ4v) is 2.08. The van der Waals surface area contributed by atoms with Crippen LogP contribution in [0.25, 0.3) is 0 Å². The summed E-state index contributed by atoms with van der Waals surface area (Å²) in [6.07, 6.45) is 5.43. The third-order valence-electron chi connectivity index (χ3n) is 3.24. The fraction of sp³-hybridized carbons (Fsp3) is 0.923. The number of nitrogens with one attached hydrogen (secondary N) is 1. The molecule has 0 unspecified atom stereocenters. The van der Waals surface area contributed by atoms with Crippen molar-refractivity contribution in [2.75, 3.05) is 6.54 Å². The van der Waals surface area contributed by atoms with E-state index in [1.54, 1.807) is 0 Å². The molecule has 0 amide bonds. The van der Waals surface area contributed by atoms with Crippen molar-refractivity contribution in [2.24, 2.45) is 0 Å². The van der Waals surface area contributed by atoms with Gasteiger partial charge in [-0.3, -0.25) is 4.79 Å². The molecule has 0 aromatic heterocycles. The molecular weight excluding hydrogens is 202 g/mol. The Kier molecular flexibility index (Phi) is 4.36. The van der Waals surface area contributed by atoms with Gasteiger partial charge in [-0.25, -0.2) is 0 Å². The summed E-state index contributed by atoms with van der Waals surface area (Å²) in [6.45, 7) is 8.65. The van der Waals surface area contributed by atoms with Gasteiger partial charge in [0.1, 0.15) is 5.60 Å². The van der Waals surface area contributed by atoms with Gasteiger partial charge in [0.25, 0.3) is 0 Å². The van der Waals surface area contributed by atoms with Crippen molar-refractivity contribution < 1.29 is 9.53 Å². The van der Waals surface area contributed by atoms with E-state index in [2.05, 4.69) is 12.2 Å². The predicted octanol–water partition coefficient (Wildman–Crippen LogP) is 2.64. The van der Waals surface area contributed by atoms with Crippen LogP contribution in [0.4, 0.5) is 0 Å². The molecule has 0 bridgehead atoms. The van der Waals surface area contributed by atoms with Crippen molar-refractivity contribution in [3.63, 3.8) is 0 Å². The maximum Gasteiger partial charge on any atom is 0.307 e. The van der Waals surface area contributed by atoms with Gasteiger partial charge >= 0.3 is 5.97 Å². The van der Waals surface area contributed by atoms with Gasteiger partial charge in [-0.1, -0.05) is 6.92 Å². The van der Waals surface area contributed by atoms with Crippen molar-refractivity contribution in [3.05, 3.63) is 0 Å². The van der Waals surface area contributed by atoms with Crippen LogP contribution in [0.15, 0.2) is 0 Å². The van der Waals surface area contributed by atoms with Gasteiger partial charge in [-0.15, -0.1) is 0 Å². The first-order chi connectivity index (χ1) is 7.37. The number of hydrogen-bond donors (Lipinski definition) is 1. The molecule has 0 saturated heterocycles. The van der Waals surface area contributed by atoms with Crippen LogP contribution in [0, 0.1) is 0 Å². The molecule has 1 saturated carbocycles. The topological polar surface area (TPSA) is 38.3 Å². The summed E-state index contributed by atoms with van der Waals surface area (Å²) in [5, 5.41) is 3.50. The van der Waals surface area contributed by atoms with E-state index >= 15 is 0 Å². The van der Waals surface area contributed by atoms with Crippen LogP contribution in [-0.4, -0.2) is 23.7 Å². The second kappa shape index (κ2) is 5.17. The Labute approximate surface area is 98.9 Å². The summed E-state index contributed by atoms with van der Waals surface area (Å²) in [4.78, 5) is 11.5. The average molecular weight is 227 g/mol. The number of esters is 1. The molecule has 0 atom stereocenters. The van der Waals surface area contributed by atoms with Gasteiger partial charge < -0.3 is 10.1 Å². The molecule has 1 aliphatic rings. The number of carbonyl (C=O) groups excluding carboxylic acids is 1. The number of carbonyl (C=O) groups is 1. The van der Waals surface area contributed by atoms with Gasteiger partial charge in [0, 0.05) is 12.1 Å². The molecule has 1 rings (SSSR count). The molecule has 0 aliphatic heterocycles. The quantitative estimate of drug-likeness (QED) is 0.734. The normalized spacial score (nSPS) is 19.0. The predicted molar refractivity (Wildman–Crippen MR) is 65.3 cm³/mol. The Balaban J connectivity index is 2.18. The largest absolute Gasteiger partial charge is 0.460 e. The number of hydrogen-bond acceptors (Lipinski definition) is 3. The van der Waals surface area contributed by atoms with Gasteiger partial charge in [-0.2, -0.15) is 0 Å². The average Bonchev–Trinajstić information content (AvgIpc) is 2.06. The van der Waals surface area contributed by atoms with Crippen LogP contribution in [0.2, 0.25) is 0 Å². The molecule has 1 N–H and O–H groups in total. The monoisotopic (exact) mass is 227 g/mol. The molecule has 3 heteroatoms. The molecular formula is C13H25NO2. The van der Waals surface area contributed by atoms with Crippen molar-refractivity contribution in [2.45, 2.75) is 70.9 Å². The van der Waals surface area contributed by atoms with E-state index in [-0.39, 0.29) is 11.6 Å². The Morgan fingerprint density at radius 3 is 2.38 bits per heavy atom. The van der Waals surface area contributed by atoms with Crippen LogP contribution in [-0.2, 0) is 9.53 Å². The van der Waals surface area contributed by atoms with Crippen molar-refractivity contribution >= 4 is 5.97 Å². The van der Waals surface area contributed by atoms with Crippen molar-refractivity contribution in [1.82, 2.24) is 5.32 Å². The Morgan fingerprint density at radius 1 is 1.38 bits per heavy atom. The Bertz CT molecular complexity index is 233. The summed E-state index contributed by atoms with van der Waals surface area (Å²) in [7, 11) is 0. The van der Waals surface area contributed by atoms with Gasteiger partial charge in [0.05, 0.1) is 6.42 Å². The first kappa shape index (κ1) is 13.5. The van der Waals surface area contributed by atoms with E-state index in [1.807, 2.05) is 20.8 Å². The van der Waals surface area contributed by atoms with Gasteiger partial charge in [-0.05, 0) is 46.5 Å². The van der Waals surface area contributed by atoms with Gasteiger partial charge in [0.15, 0.2) is 0 Å². The molecule has 94 valence electrons. The smallest absolute Gasteiger partial charge is 0.307 e. The van der Waals surface area contributed by atoms with Crippen LogP contribution < -0.4 is 5.32 Å². The molecule has 0 heterocycles. The zero-order valence-electron chi connectivity index (χ0n) is 11.1. The van der Waals surface area contributed by atoms with Crippen molar-refractivity contribution in [3.8, 4) is 0 Å². The maximum absolute atomic E-state index is 11.5. The van der Waals surface area contributed by atoms with E-state index in [1.165, 1.54) is 19.3 Å². The molecule has 3 nitrogen and oxygen atoms in total. The minimum atomic E-state index is -0.365. The highest BCUT2D eigenvalue weighted by molar-refractivity contribution is 5.70. The zero-order valence-corrected chi connectivity index (χ0v) is 11.1. The van der Waals surface area contributed by atoms with Crippen LogP contribution >= 0.6 is 0 Å². The minimum Gasteiger partial charge on any atom is -0.460 e. The lowest BCUT2D eigenvalue weighted by atomic mass is 9.75. The fourth-order valence-electron chi connectivity index (χ4n) is 2.08.